The molecule has 0 fully saturated rings. The average Bonchev–Trinajstić information content (AvgIpc) is 2.87. The lowest BCUT2D eigenvalue weighted by atomic mass is 10.0. The summed E-state index contributed by atoms with van der Waals surface area (Å²) >= 11 is 6.66. The fourth-order valence-corrected chi connectivity index (χ4v) is 3.28. The number of ketones is 1. The Balaban J connectivity index is 2.20. The van der Waals surface area contributed by atoms with Crippen LogP contribution in [-0.2, 0) is 0 Å². The first-order valence-electron chi connectivity index (χ1n) is 6.04. The minimum atomic E-state index is -0.557. The highest BCUT2D eigenvalue weighted by molar-refractivity contribution is 9.11. The van der Waals surface area contributed by atoms with Gasteiger partial charge < -0.3 is 10.7 Å². The van der Waals surface area contributed by atoms with Crippen LogP contribution < -0.4 is 5.73 Å². The molecule has 0 aliphatic heterocycles. The Hall–Kier alpha value is -1.66. The van der Waals surface area contributed by atoms with Crippen LogP contribution in [0.25, 0.3) is 10.9 Å². The molecule has 3 aromatic rings. The normalized spacial score (nSPS) is 11.0. The van der Waals surface area contributed by atoms with Gasteiger partial charge in [0.2, 0.25) is 0 Å². The van der Waals surface area contributed by atoms with Crippen LogP contribution in [0.1, 0.15) is 15.9 Å². The van der Waals surface area contributed by atoms with Crippen LogP contribution in [0.3, 0.4) is 0 Å². The zero-order valence-electron chi connectivity index (χ0n) is 10.6. The predicted molar refractivity (Wildman–Crippen MR) is 87.9 cm³/mol. The summed E-state index contributed by atoms with van der Waals surface area (Å²) in [7, 11) is 0. The Morgan fingerprint density at radius 3 is 2.67 bits per heavy atom. The van der Waals surface area contributed by atoms with Gasteiger partial charge in [0.15, 0.2) is 5.78 Å². The fourth-order valence-electron chi connectivity index (χ4n) is 2.20. The molecule has 3 N–H and O–H groups in total. The van der Waals surface area contributed by atoms with E-state index in [9.17, 15) is 9.18 Å². The highest BCUT2D eigenvalue weighted by Crippen LogP contribution is 2.31. The van der Waals surface area contributed by atoms with E-state index < -0.39 is 5.82 Å². The zero-order chi connectivity index (χ0) is 15.1. The van der Waals surface area contributed by atoms with E-state index in [1.807, 2.05) is 18.2 Å². The molecule has 0 saturated heterocycles. The molecule has 0 unspecified atom stereocenters. The van der Waals surface area contributed by atoms with Gasteiger partial charge in [-0.05, 0) is 40.2 Å². The molecule has 0 bridgehead atoms. The third-order valence-corrected chi connectivity index (χ3v) is 4.55. The van der Waals surface area contributed by atoms with Crippen molar-refractivity contribution in [3.8, 4) is 0 Å². The molecule has 0 spiro atoms. The van der Waals surface area contributed by atoms with E-state index in [-0.39, 0.29) is 11.5 Å². The second kappa shape index (κ2) is 5.27. The number of halogens is 3. The van der Waals surface area contributed by atoms with Crippen molar-refractivity contribution in [1.82, 2.24) is 4.98 Å². The van der Waals surface area contributed by atoms with E-state index in [2.05, 4.69) is 36.8 Å². The van der Waals surface area contributed by atoms with E-state index in [1.54, 1.807) is 6.20 Å². The van der Waals surface area contributed by atoms with Crippen molar-refractivity contribution in [3.63, 3.8) is 0 Å². The van der Waals surface area contributed by atoms with Crippen LogP contribution in [-0.4, -0.2) is 10.8 Å². The summed E-state index contributed by atoms with van der Waals surface area (Å²) in [6.07, 6.45) is 1.64. The number of anilines is 1. The lowest BCUT2D eigenvalue weighted by molar-refractivity contribution is 0.103. The number of rotatable bonds is 2. The number of hydrogen-bond donors (Lipinski definition) is 2. The van der Waals surface area contributed by atoms with E-state index in [0.717, 1.165) is 15.4 Å². The lowest BCUT2D eigenvalue weighted by Crippen LogP contribution is -2.04. The Morgan fingerprint density at radius 2 is 1.90 bits per heavy atom. The van der Waals surface area contributed by atoms with Gasteiger partial charge in [0.1, 0.15) is 5.82 Å². The Kier molecular flexibility index (Phi) is 3.59. The SMILES string of the molecule is Nc1cc(C(=O)c2c[nH]c3cccc(Br)c23)c(Br)cc1F. The van der Waals surface area contributed by atoms with Crippen molar-refractivity contribution in [2.45, 2.75) is 0 Å². The molecule has 0 saturated carbocycles. The molecule has 2 aromatic carbocycles. The molecular weight excluding hydrogens is 403 g/mol. The number of benzene rings is 2. The number of hydrogen-bond acceptors (Lipinski definition) is 2. The first-order chi connectivity index (χ1) is 9.99. The number of nitrogen functional groups attached to an aromatic ring is 1. The number of fused-ring (bicyclic) bond motifs is 1. The first kappa shape index (κ1) is 14.3. The number of carbonyl (C=O) groups is 1. The van der Waals surface area contributed by atoms with Crippen LogP contribution in [0, 0.1) is 5.82 Å². The topological polar surface area (TPSA) is 58.9 Å². The average molecular weight is 412 g/mol. The minimum absolute atomic E-state index is 0.0551. The van der Waals surface area contributed by atoms with Gasteiger partial charge in [0.25, 0.3) is 0 Å². The highest BCUT2D eigenvalue weighted by atomic mass is 79.9. The summed E-state index contributed by atoms with van der Waals surface area (Å²) < 4.78 is 14.6. The summed E-state index contributed by atoms with van der Waals surface area (Å²) in [5.41, 5.74) is 7.18. The largest absolute Gasteiger partial charge is 0.396 e. The van der Waals surface area contributed by atoms with Gasteiger partial charge in [0.05, 0.1) is 5.69 Å². The number of carbonyl (C=O) groups excluding carboxylic acids is 1. The van der Waals surface area contributed by atoms with E-state index in [0.29, 0.717) is 15.6 Å². The van der Waals surface area contributed by atoms with Gasteiger partial charge in [-0.15, -0.1) is 0 Å². The maximum absolute atomic E-state index is 13.4. The lowest BCUT2D eigenvalue weighted by Gasteiger charge is -2.06. The molecule has 0 amide bonds. The van der Waals surface area contributed by atoms with Gasteiger partial charge in [-0.3, -0.25) is 4.79 Å². The van der Waals surface area contributed by atoms with Crippen molar-refractivity contribution < 1.29 is 9.18 Å². The maximum atomic E-state index is 13.4. The van der Waals surface area contributed by atoms with Gasteiger partial charge in [-0.25, -0.2) is 4.39 Å². The van der Waals surface area contributed by atoms with Crippen molar-refractivity contribution in [2.75, 3.05) is 5.73 Å². The van der Waals surface area contributed by atoms with Crippen molar-refractivity contribution in [2.24, 2.45) is 0 Å². The second-order valence-electron chi connectivity index (χ2n) is 4.55. The van der Waals surface area contributed by atoms with Crippen LogP contribution in [0.2, 0.25) is 0 Å². The van der Waals surface area contributed by atoms with E-state index >= 15 is 0 Å². The number of H-pyrrole nitrogens is 1. The quantitative estimate of drug-likeness (QED) is 0.476. The Labute approximate surface area is 136 Å². The molecule has 1 aromatic heterocycles. The zero-order valence-corrected chi connectivity index (χ0v) is 13.8. The Morgan fingerprint density at radius 1 is 1.14 bits per heavy atom. The van der Waals surface area contributed by atoms with Gasteiger partial charge in [0, 0.05) is 37.2 Å². The van der Waals surface area contributed by atoms with Gasteiger partial charge in [-0.1, -0.05) is 22.0 Å². The maximum Gasteiger partial charge on any atom is 0.196 e. The van der Waals surface area contributed by atoms with Gasteiger partial charge >= 0.3 is 0 Å². The molecule has 1 heterocycles. The van der Waals surface area contributed by atoms with Crippen LogP contribution >= 0.6 is 31.9 Å². The molecule has 0 aliphatic carbocycles. The predicted octanol–water partition coefficient (Wildman–Crippen LogP) is 4.65. The molecule has 3 rings (SSSR count). The summed E-state index contributed by atoms with van der Waals surface area (Å²) in [5, 5.41) is 0.789. The van der Waals surface area contributed by atoms with Crippen molar-refractivity contribution in [3.05, 3.63) is 62.4 Å². The summed E-state index contributed by atoms with van der Waals surface area (Å²) in [6.45, 7) is 0. The molecular formula is C15H9Br2FN2O. The van der Waals surface area contributed by atoms with E-state index in [4.69, 9.17) is 5.73 Å². The molecule has 0 atom stereocenters. The van der Waals surface area contributed by atoms with Gasteiger partial charge in [-0.2, -0.15) is 0 Å². The van der Waals surface area contributed by atoms with Crippen molar-refractivity contribution >= 4 is 54.2 Å². The Bertz CT molecular complexity index is 873. The first-order valence-corrected chi connectivity index (χ1v) is 7.62. The van der Waals surface area contributed by atoms with Crippen LogP contribution in [0.5, 0.6) is 0 Å². The summed E-state index contributed by atoms with van der Waals surface area (Å²) in [4.78, 5) is 15.8. The number of aromatic nitrogens is 1. The smallest absolute Gasteiger partial charge is 0.196 e. The van der Waals surface area contributed by atoms with E-state index in [1.165, 1.54) is 12.1 Å². The fraction of sp³-hybridized carbons (Fsp3) is 0. The third-order valence-electron chi connectivity index (χ3n) is 3.23. The number of aromatic amines is 1. The number of nitrogens with one attached hydrogen (secondary N) is 1. The monoisotopic (exact) mass is 410 g/mol. The van der Waals surface area contributed by atoms with Crippen molar-refractivity contribution in [1.29, 1.82) is 0 Å². The molecule has 3 nitrogen and oxygen atoms in total. The minimum Gasteiger partial charge on any atom is -0.396 e. The highest BCUT2D eigenvalue weighted by Gasteiger charge is 2.19. The third kappa shape index (κ3) is 2.38. The molecule has 21 heavy (non-hydrogen) atoms. The van der Waals surface area contributed by atoms with Crippen LogP contribution in [0.15, 0.2) is 45.5 Å². The summed E-state index contributed by atoms with van der Waals surface area (Å²) in [5.74, 6) is -0.787. The van der Waals surface area contributed by atoms with Crippen LogP contribution in [0.4, 0.5) is 10.1 Å². The molecule has 0 aliphatic rings. The summed E-state index contributed by atoms with van der Waals surface area (Å²) in [6, 6.07) is 8.17. The molecule has 106 valence electrons. The second-order valence-corrected chi connectivity index (χ2v) is 6.26. The molecule has 6 heteroatoms. The standard InChI is InChI=1S/C15H9Br2FN2O/c16-9-2-1-3-13-14(9)8(6-20-13)15(21)7-4-12(19)11(18)5-10(7)17/h1-6,20H,19H2. The number of nitrogens with two attached hydrogens (primary N) is 1. The molecule has 0 radical (unpaired) electrons.